The van der Waals surface area contributed by atoms with Crippen LogP contribution in [0.4, 0.5) is 29.7 Å². The van der Waals surface area contributed by atoms with Crippen LogP contribution in [0.25, 0.3) is 0 Å². The number of hydrogen-bond acceptors (Lipinski definition) is 7. The molecule has 11 heteroatoms. The Morgan fingerprint density at radius 3 is 2.53 bits per heavy atom. The molecule has 3 rings (SSSR count). The second kappa shape index (κ2) is 9.24. The molecule has 2 saturated heterocycles. The van der Waals surface area contributed by atoms with Crippen LogP contribution in [0.15, 0.2) is 12.1 Å². The number of anilines is 2. The molecule has 0 aliphatic carbocycles. The number of benzene rings is 1. The Morgan fingerprint density at radius 1 is 1.20 bits per heavy atom. The smallest absolute Gasteiger partial charge is 0.433 e. The first-order chi connectivity index (χ1) is 14.3. The average molecular weight is 427 g/mol. The van der Waals surface area contributed by atoms with Crippen LogP contribution in [0, 0.1) is 11.6 Å². The summed E-state index contributed by atoms with van der Waals surface area (Å²) in [5.74, 6) is -1.73. The highest BCUT2D eigenvalue weighted by atomic mass is 19.1. The fourth-order valence-corrected chi connectivity index (χ4v) is 3.38. The lowest BCUT2D eigenvalue weighted by Gasteiger charge is -2.24. The number of ketones is 1. The zero-order valence-corrected chi connectivity index (χ0v) is 16.7. The molecule has 0 N–H and O–H groups in total. The number of Topliss-reactive ketones (excluding diaryl/α,β-unsaturated/α-hetero) is 1. The molecule has 0 unspecified atom stereocenters. The molecule has 0 radical (unpaired) electrons. The van der Waals surface area contributed by atoms with Crippen LogP contribution >= 0.6 is 0 Å². The number of ether oxygens (including phenoxy) is 2. The number of methoxy groups -OCH3 is 1. The van der Waals surface area contributed by atoms with Gasteiger partial charge in [-0.2, -0.15) is 5.06 Å². The molecule has 164 valence electrons. The molecular weight excluding hydrogens is 404 g/mol. The molecule has 1 atom stereocenters. The number of halogens is 2. The number of rotatable bonds is 5. The van der Waals surface area contributed by atoms with Crippen molar-refractivity contribution in [2.45, 2.75) is 25.9 Å². The maximum absolute atomic E-state index is 14.8. The van der Waals surface area contributed by atoms with Crippen molar-refractivity contribution in [3.05, 3.63) is 23.8 Å². The summed E-state index contributed by atoms with van der Waals surface area (Å²) in [7, 11) is 1.21. The third kappa shape index (κ3) is 4.78. The minimum atomic E-state index is -0.850. The Bertz CT molecular complexity index is 813. The lowest BCUT2D eigenvalue weighted by atomic mass is 10.1. The van der Waals surface area contributed by atoms with E-state index in [1.54, 1.807) is 0 Å². The van der Waals surface area contributed by atoms with Crippen molar-refractivity contribution in [2.24, 2.45) is 0 Å². The van der Waals surface area contributed by atoms with Gasteiger partial charge in [0.1, 0.15) is 17.6 Å². The molecule has 0 bridgehead atoms. The summed E-state index contributed by atoms with van der Waals surface area (Å²) < 4.78 is 39.4. The highest BCUT2D eigenvalue weighted by Crippen LogP contribution is 2.32. The fourth-order valence-electron chi connectivity index (χ4n) is 3.38. The fraction of sp³-hybridized carbons (Fsp3) is 0.526. The maximum Gasteiger partial charge on any atom is 0.433 e. The zero-order valence-electron chi connectivity index (χ0n) is 16.7. The molecule has 2 heterocycles. The van der Waals surface area contributed by atoms with Crippen molar-refractivity contribution in [1.82, 2.24) is 5.06 Å². The van der Waals surface area contributed by atoms with E-state index >= 15 is 0 Å². The van der Waals surface area contributed by atoms with Crippen LogP contribution < -0.4 is 9.80 Å². The SMILES string of the molecule is COC(=O)N1CCN(c2c(F)cc(N3C[C@H](CCC(C)=O)OC3=O)cc2F)CCO1. The van der Waals surface area contributed by atoms with Gasteiger partial charge in [-0.1, -0.05) is 0 Å². The first kappa shape index (κ1) is 21.8. The molecule has 0 aromatic heterocycles. The number of hydroxylamine groups is 2. The van der Waals surface area contributed by atoms with Gasteiger partial charge in [0.2, 0.25) is 0 Å². The highest BCUT2D eigenvalue weighted by Gasteiger charge is 2.34. The van der Waals surface area contributed by atoms with Gasteiger partial charge in [0, 0.05) is 31.6 Å². The Morgan fingerprint density at radius 2 is 1.90 bits per heavy atom. The summed E-state index contributed by atoms with van der Waals surface area (Å²) in [6, 6.07) is 2.13. The van der Waals surface area contributed by atoms with E-state index in [2.05, 4.69) is 4.74 Å². The molecule has 0 spiro atoms. The van der Waals surface area contributed by atoms with E-state index in [1.807, 2.05) is 0 Å². The van der Waals surface area contributed by atoms with Crippen molar-refractivity contribution in [3.8, 4) is 0 Å². The summed E-state index contributed by atoms with van der Waals surface area (Å²) in [6.45, 7) is 1.92. The molecule has 0 saturated carbocycles. The van der Waals surface area contributed by atoms with E-state index in [9.17, 15) is 23.2 Å². The summed E-state index contributed by atoms with van der Waals surface area (Å²) in [5.41, 5.74) is -0.235. The van der Waals surface area contributed by atoms with Gasteiger partial charge in [0.15, 0.2) is 11.6 Å². The molecule has 1 aromatic carbocycles. The third-order valence-corrected chi connectivity index (χ3v) is 4.88. The topological polar surface area (TPSA) is 88.6 Å². The minimum absolute atomic E-state index is 0.0295. The lowest BCUT2D eigenvalue weighted by molar-refractivity contribution is -0.122. The van der Waals surface area contributed by atoms with E-state index in [0.29, 0.717) is 6.42 Å². The largest absolute Gasteiger partial charge is 0.451 e. The van der Waals surface area contributed by atoms with Crippen molar-refractivity contribution in [3.63, 3.8) is 0 Å². The molecule has 30 heavy (non-hydrogen) atoms. The molecule has 9 nitrogen and oxygen atoms in total. The van der Waals surface area contributed by atoms with Gasteiger partial charge in [-0.05, 0) is 13.3 Å². The van der Waals surface area contributed by atoms with E-state index < -0.39 is 29.9 Å². The molecule has 2 aliphatic heterocycles. The number of cyclic esters (lactones) is 1. The van der Waals surface area contributed by atoms with Gasteiger partial charge in [0.05, 0.1) is 32.5 Å². The second-order valence-electron chi connectivity index (χ2n) is 7.01. The quantitative estimate of drug-likeness (QED) is 0.713. The summed E-state index contributed by atoms with van der Waals surface area (Å²) in [6.07, 6.45) is -1.32. The lowest BCUT2D eigenvalue weighted by Crippen LogP contribution is -2.34. The Labute approximate surface area is 172 Å². The second-order valence-corrected chi connectivity index (χ2v) is 7.01. The van der Waals surface area contributed by atoms with Crippen LogP contribution in [0.1, 0.15) is 19.8 Å². The van der Waals surface area contributed by atoms with Gasteiger partial charge in [-0.3, -0.25) is 9.74 Å². The van der Waals surface area contributed by atoms with Gasteiger partial charge in [-0.25, -0.2) is 18.4 Å². The maximum atomic E-state index is 14.8. The third-order valence-electron chi connectivity index (χ3n) is 4.88. The van der Waals surface area contributed by atoms with Gasteiger partial charge >= 0.3 is 12.2 Å². The van der Waals surface area contributed by atoms with E-state index in [1.165, 1.54) is 18.9 Å². The molecule has 2 amide bonds. The standard InChI is InChI=1S/C19H23F2N3O6/c1-12(25)3-4-14-11-23(18(26)30-14)13-9-15(20)17(16(21)10-13)22-5-6-24(19(27)28-2)29-8-7-22/h9-10,14H,3-8,11H2,1-2H3/t14-/m0/s1. The number of amides is 2. The van der Waals surface area contributed by atoms with Crippen LogP contribution in [0.5, 0.6) is 0 Å². The molecule has 1 aromatic rings. The molecule has 2 aliphatic rings. The predicted molar refractivity (Wildman–Crippen MR) is 101 cm³/mol. The number of nitrogens with zero attached hydrogens (tertiary/aromatic N) is 3. The monoisotopic (exact) mass is 427 g/mol. The van der Waals surface area contributed by atoms with Gasteiger partial charge in [0.25, 0.3) is 0 Å². The number of carbonyl (C=O) groups is 3. The van der Waals surface area contributed by atoms with E-state index in [4.69, 9.17) is 9.57 Å². The van der Waals surface area contributed by atoms with Crippen molar-refractivity contribution < 1.29 is 37.5 Å². The first-order valence-corrected chi connectivity index (χ1v) is 9.50. The van der Waals surface area contributed by atoms with Crippen LogP contribution in [-0.2, 0) is 19.1 Å². The first-order valence-electron chi connectivity index (χ1n) is 9.50. The van der Waals surface area contributed by atoms with Crippen LogP contribution in [0.3, 0.4) is 0 Å². The van der Waals surface area contributed by atoms with E-state index in [0.717, 1.165) is 22.1 Å². The number of carbonyl (C=O) groups excluding carboxylic acids is 3. The van der Waals surface area contributed by atoms with Crippen molar-refractivity contribution in [2.75, 3.05) is 49.7 Å². The van der Waals surface area contributed by atoms with E-state index in [-0.39, 0.29) is 56.4 Å². The normalized spacial score (nSPS) is 19.5. The summed E-state index contributed by atoms with van der Waals surface area (Å²) >= 11 is 0. The Hall–Kier alpha value is -2.95. The highest BCUT2D eigenvalue weighted by molar-refractivity contribution is 5.90. The van der Waals surface area contributed by atoms with Crippen LogP contribution in [-0.4, -0.2) is 69.0 Å². The minimum Gasteiger partial charge on any atom is -0.451 e. The predicted octanol–water partition coefficient (Wildman–Crippen LogP) is 2.48. The molecular formula is C19H23F2N3O6. The summed E-state index contributed by atoms with van der Waals surface area (Å²) in [5, 5.41) is 0.992. The average Bonchev–Trinajstić information content (AvgIpc) is 2.90. The number of hydrogen-bond donors (Lipinski definition) is 0. The molecule has 2 fully saturated rings. The van der Waals surface area contributed by atoms with Crippen molar-refractivity contribution in [1.29, 1.82) is 0 Å². The van der Waals surface area contributed by atoms with Gasteiger partial charge in [-0.15, -0.1) is 0 Å². The summed E-state index contributed by atoms with van der Waals surface area (Å²) in [4.78, 5) is 42.6. The van der Waals surface area contributed by atoms with Crippen molar-refractivity contribution >= 4 is 29.3 Å². The van der Waals surface area contributed by atoms with Crippen LogP contribution in [0.2, 0.25) is 0 Å². The Balaban J connectivity index is 1.73. The zero-order chi connectivity index (χ0) is 21.8. The Kier molecular flexibility index (Phi) is 6.70. The van der Waals surface area contributed by atoms with Gasteiger partial charge < -0.3 is 19.2 Å².